The maximum absolute atomic E-state index is 13.4. The van der Waals surface area contributed by atoms with Crippen molar-refractivity contribution < 1.29 is 23.9 Å². The van der Waals surface area contributed by atoms with E-state index >= 15 is 0 Å². The van der Waals surface area contributed by atoms with Crippen LogP contribution in [0.15, 0.2) is 48.8 Å². The average Bonchev–Trinajstić information content (AvgIpc) is 3.78. The number of benzene rings is 2. The van der Waals surface area contributed by atoms with Crippen LogP contribution in [0.3, 0.4) is 0 Å². The van der Waals surface area contributed by atoms with Gasteiger partial charge in [-0.15, -0.1) is 5.10 Å². The van der Waals surface area contributed by atoms with Crippen molar-refractivity contribution in [3.8, 4) is 23.0 Å². The lowest BCUT2D eigenvalue weighted by Crippen LogP contribution is -2.37. The Hall–Kier alpha value is -5.75. The van der Waals surface area contributed by atoms with Crippen LogP contribution in [-0.4, -0.2) is 66.9 Å². The molecule has 4 heterocycles. The van der Waals surface area contributed by atoms with Crippen molar-refractivity contribution in [3.63, 3.8) is 0 Å². The van der Waals surface area contributed by atoms with E-state index in [0.29, 0.717) is 64.0 Å². The van der Waals surface area contributed by atoms with E-state index in [1.807, 2.05) is 13.8 Å². The molecule has 3 unspecified atom stereocenters. The molecule has 2 aliphatic rings. The van der Waals surface area contributed by atoms with Gasteiger partial charge in [-0.05, 0) is 79.6 Å². The second-order valence-electron chi connectivity index (χ2n) is 11.9. The monoisotopic (exact) mass is 670 g/mol. The summed E-state index contributed by atoms with van der Waals surface area (Å²) in [5.74, 6) is -0.680. The Morgan fingerprint density at radius 3 is 2.81 bits per heavy atom. The van der Waals surface area contributed by atoms with Gasteiger partial charge < -0.3 is 25.1 Å². The van der Waals surface area contributed by atoms with Crippen LogP contribution in [0.4, 0.5) is 16.2 Å². The van der Waals surface area contributed by atoms with E-state index in [0.717, 1.165) is 0 Å². The molecule has 2 bridgehead atoms. The van der Waals surface area contributed by atoms with Gasteiger partial charge in [0.05, 0.1) is 24.5 Å². The molecule has 15 nitrogen and oxygen atoms in total. The Labute approximate surface area is 279 Å². The fraction of sp³-hybridized carbons (Fsp3) is 0.312. The first-order valence-electron chi connectivity index (χ1n) is 15.1. The highest BCUT2D eigenvalue weighted by atomic mass is 35.5. The maximum Gasteiger partial charge on any atom is 0.411 e. The number of nitrogens with zero attached hydrogens (tertiary/aromatic N) is 6. The minimum absolute atomic E-state index is 0.0895. The van der Waals surface area contributed by atoms with Gasteiger partial charge in [0.25, 0.3) is 0 Å². The number of esters is 1. The molecule has 2 aromatic heterocycles. The molecule has 1 fully saturated rings. The minimum atomic E-state index is -0.775. The van der Waals surface area contributed by atoms with Crippen LogP contribution >= 0.6 is 11.6 Å². The third kappa shape index (κ3) is 6.56. The largest absolute Gasteiger partial charge is 0.458 e. The minimum Gasteiger partial charge on any atom is -0.458 e. The molecule has 4 N–H and O–H groups in total. The number of anilines is 2. The zero-order chi connectivity index (χ0) is 34.0. The van der Waals surface area contributed by atoms with Gasteiger partial charge in [0.15, 0.2) is 5.69 Å². The van der Waals surface area contributed by atoms with Gasteiger partial charge in [0.1, 0.15) is 29.9 Å². The molecule has 16 heteroatoms. The highest BCUT2D eigenvalue weighted by Gasteiger charge is 2.50. The molecule has 2 aliphatic heterocycles. The van der Waals surface area contributed by atoms with Crippen LogP contribution in [0.5, 0.6) is 0 Å². The smallest absolute Gasteiger partial charge is 0.411 e. The molecule has 0 aliphatic carbocycles. The first-order valence-corrected chi connectivity index (χ1v) is 15.4. The third-order valence-electron chi connectivity index (χ3n) is 8.43. The highest BCUT2D eigenvalue weighted by Crippen LogP contribution is 2.41. The predicted molar refractivity (Wildman–Crippen MR) is 174 cm³/mol. The number of amides is 2. The Bertz CT molecular complexity index is 1950. The number of halogens is 1. The van der Waals surface area contributed by atoms with Crippen LogP contribution in [0.1, 0.15) is 56.2 Å². The van der Waals surface area contributed by atoms with Crippen LogP contribution in [0, 0.1) is 17.2 Å². The van der Waals surface area contributed by atoms with Gasteiger partial charge in [0.2, 0.25) is 5.91 Å². The topological polar surface area (TPSA) is 202 Å². The first kappa shape index (κ1) is 32.2. The molecule has 4 aromatic rings. The van der Waals surface area contributed by atoms with Crippen molar-refractivity contribution in [2.24, 2.45) is 5.92 Å². The SMILES string of the molecule is COC(=O)Nc1ccc2c(c1)NC1C(=O)OC(C)(C)C1CCCC(NC(=O)C=Cc1cc(Cl)ccc1-n1cnnn1)c1nc(C#N)c-2[nH]1. The normalized spacial score (nSPS) is 19.8. The summed E-state index contributed by atoms with van der Waals surface area (Å²) in [6.07, 6.45) is 5.37. The third-order valence-corrected chi connectivity index (χ3v) is 8.66. The molecule has 3 atom stereocenters. The highest BCUT2D eigenvalue weighted by molar-refractivity contribution is 6.30. The van der Waals surface area contributed by atoms with Crippen LogP contribution in [-0.2, 0) is 19.1 Å². The fourth-order valence-corrected chi connectivity index (χ4v) is 6.29. The second kappa shape index (κ2) is 13.2. The Morgan fingerprint density at radius 1 is 1.23 bits per heavy atom. The van der Waals surface area contributed by atoms with Crippen molar-refractivity contribution in [1.29, 1.82) is 5.26 Å². The van der Waals surface area contributed by atoms with E-state index in [4.69, 9.17) is 21.1 Å². The first-order chi connectivity index (χ1) is 23.1. The standard InChI is InChI=1S/C32H31ClN10O5/c1-32(2)21-5-4-6-22(37-26(44)12-7-17-13-18(33)8-11-25(17)43-16-35-41-42-43)29-39-24(15-34)27(40-29)20-10-9-19(36-31(46)47-3)14-23(20)38-28(21)30(45)48-32/h7-14,16,21-22,28,38H,4-6H2,1-3H3,(H,36,46)(H,37,44)(H,39,40). The summed E-state index contributed by atoms with van der Waals surface area (Å²) in [5.41, 5.74) is 2.32. The molecular formula is C32H31ClN10O5. The number of aromatic amines is 1. The second-order valence-corrected chi connectivity index (χ2v) is 12.3. The van der Waals surface area contributed by atoms with Crippen molar-refractivity contribution in [3.05, 3.63) is 70.9 Å². The number of hydrogen-bond donors (Lipinski definition) is 4. The quantitative estimate of drug-likeness (QED) is 0.171. The number of tetrazole rings is 1. The summed E-state index contributed by atoms with van der Waals surface area (Å²) in [6.45, 7) is 3.74. The number of hydrogen-bond acceptors (Lipinski definition) is 11. The van der Waals surface area contributed by atoms with Crippen molar-refractivity contribution in [1.82, 2.24) is 35.5 Å². The number of imidazole rings is 1. The number of cyclic esters (lactones) is 1. The molecule has 2 amide bonds. The molecule has 6 rings (SSSR count). The van der Waals surface area contributed by atoms with Gasteiger partial charge >= 0.3 is 12.1 Å². The fourth-order valence-electron chi connectivity index (χ4n) is 6.11. The molecular weight excluding hydrogens is 640 g/mol. The summed E-state index contributed by atoms with van der Waals surface area (Å²) >= 11 is 6.24. The number of H-pyrrole nitrogens is 1. The van der Waals surface area contributed by atoms with Gasteiger partial charge in [-0.2, -0.15) is 9.94 Å². The van der Waals surface area contributed by atoms with Crippen LogP contribution in [0.2, 0.25) is 5.02 Å². The van der Waals surface area contributed by atoms with Crippen molar-refractivity contribution >= 4 is 47.0 Å². The van der Waals surface area contributed by atoms with Gasteiger partial charge in [-0.1, -0.05) is 18.0 Å². The molecule has 1 saturated heterocycles. The Balaban J connectivity index is 1.36. The van der Waals surface area contributed by atoms with E-state index < -0.39 is 35.7 Å². The number of aromatic nitrogens is 6. The van der Waals surface area contributed by atoms with Crippen molar-refractivity contribution in [2.75, 3.05) is 17.7 Å². The summed E-state index contributed by atoms with van der Waals surface area (Å²) in [7, 11) is 1.25. The van der Waals surface area contributed by atoms with Crippen molar-refractivity contribution in [2.45, 2.75) is 50.8 Å². The molecule has 0 radical (unpaired) electrons. The lowest BCUT2D eigenvalue weighted by Gasteiger charge is -2.29. The van der Waals surface area contributed by atoms with E-state index in [9.17, 15) is 19.6 Å². The number of rotatable bonds is 5. The maximum atomic E-state index is 13.4. The van der Waals surface area contributed by atoms with E-state index in [1.54, 1.807) is 42.5 Å². The molecule has 2 aromatic carbocycles. The number of fused-ring (bicyclic) bond motifs is 5. The van der Waals surface area contributed by atoms with Gasteiger partial charge in [-0.25, -0.2) is 14.6 Å². The zero-order valence-electron chi connectivity index (χ0n) is 26.2. The van der Waals surface area contributed by atoms with E-state index in [2.05, 4.69) is 47.5 Å². The summed E-state index contributed by atoms with van der Waals surface area (Å²) in [6, 6.07) is 10.9. The summed E-state index contributed by atoms with van der Waals surface area (Å²) < 4.78 is 12.0. The Morgan fingerprint density at radius 2 is 2.06 bits per heavy atom. The van der Waals surface area contributed by atoms with Gasteiger partial charge in [0, 0.05) is 39.5 Å². The average molecular weight is 671 g/mol. The van der Waals surface area contributed by atoms with E-state index in [-0.39, 0.29) is 11.6 Å². The number of nitriles is 1. The summed E-state index contributed by atoms with van der Waals surface area (Å²) in [4.78, 5) is 46.4. The number of methoxy groups -OCH3 is 1. The Kier molecular flexibility index (Phi) is 8.83. The van der Waals surface area contributed by atoms with Crippen LogP contribution < -0.4 is 16.0 Å². The number of carbonyl (C=O) groups excluding carboxylic acids is 3. The molecule has 0 spiro atoms. The zero-order valence-corrected chi connectivity index (χ0v) is 26.9. The number of nitrogens with one attached hydrogen (secondary N) is 4. The van der Waals surface area contributed by atoms with Gasteiger partial charge in [-0.3, -0.25) is 10.1 Å². The summed E-state index contributed by atoms with van der Waals surface area (Å²) in [5, 5.41) is 30.8. The molecule has 0 saturated carbocycles. The predicted octanol–water partition coefficient (Wildman–Crippen LogP) is 4.54. The number of ether oxygens (including phenoxy) is 2. The molecule has 246 valence electrons. The lowest BCUT2D eigenvalue weighted by molar-refractivity contribution is -0.147. The lowest BCUT2D eigenvalue weighted by atomic mass is 9.82. The van der Waals surface area contributed by atoms with Crippen LogP contribution in [0.25, 0.3) is 23.0 Å². The molecule has 48 heavy (non-hydrogen) atoms. The van der Waals surface area contributed by atoms with E-state index in [1.165, 1.54) is 24.2 Å². The number of carbonyl (C=O) groups is 3.